The first-order valence-electron chi connectivity index (χ1n) is 14.8. The third-order valence-corrected chi connectivity index (χ3v) is 7.78. The Balaban J connectivity index is 1.48. The molecule has 3 amide bonds. The molecule has 2 saturated heterocycles. The molecule has 0 unspecified atom stereocenters. The van der Waals surface area contributed by atoms with Gasteiger partial charge in [-0.25, -0.2) is 9.37 Å². The number of carbonyl (C=O) groups excluding carboxylic acids is 3. The van der Waals surface area contributed by atoms with Gasteiger partial charge in [0.15, 0.2) is 6.61 Å². The number of likely N-dealkylation sites (tertiary alicyclic amines) is 1. The molecule has 0 bridgehead atoms. The highest BCUT2D eigenvalue weighted by atomic mass is 19.1. The summed E-state index contributed by atoms with van der Waals surface area (Å²) in [7, 11) is 2.03. The number of halogens is 1. The Morgan fingerprint density at radius 1 is 1.14 bits per heavy atom. The highest BCUT2D eigenvalue weighted by Crippen LogP contribution is 2.26. The molecular formula is C31H44FN5O5. The predicted octanol–water partition coefficient (Wildman–Crippen LogP) is 3.60. The topological polar surface area (TPSA) is 108 Å². The van der Waals surface area contributed by atoms with E-state index in [9.17, 15) is 18.8 Å². The van der Waals surface area contributed by atoms with Gasteiger partial charge in [-0.05, 0) is 50.4 Å². The van der Waals surface area contributed by atoms with E-state index in [1.54, 1.807) is 11.1 Å². The first-order chi connectivity index (χ1) is 19.8. The third-order valence-electron chi connectivity index (χ3n) is 7.78. The van der Waals surface area contributed by atoms with Gasteiger partial charge in [0, 0.05) is 38.1 Å². The molecule has 0 saturated carbocycles. The van der Waals surface area contributed by atoms with E-state index < -0.39 is 23.8 Å². The minimum absolute atomic E-state index is 0.0364. The van der Waals surface area contributed by atoms with Crippen LogP contribution in [0.1, 0.15) is 75.9 Å². The van der Waals surface area contributed by atoms with Crippen LogP contribution < -0.4 is 10.1 Å². The summed E-state index contributed by atoms with van der Waals surface area (Å²) in [4.78, 5) is 50.6. The standard InChI is InChI=1S/C31H44FN5O5/c1-20(2)16-23(29(39)37-11-7-8-24(37)30(40)36-14-12-35(6)13-15-36)34-28(38)22-17-21(32)9-10-25(22)41-19-27-33-18-26(42-27)31(3,4)5/h9-10,17-18,20,23-24H,7-8,11-16,19H2,1-6H3,(H,34,38)/t23-,24-/m1/s1. The van der Waals surface area contributed by atoms with Crippen molar-refractivity contribution in [3.63, 3.8) is 0 Å². The molecule has 2 aliphatic rings. The lowest BCUT2D eigenvalue weighted by Crippen LogP contribution is -2.56. The molecule has 0 radical (unpaired) electrons. The fourth-order valence-electron chi connectivity index (χ4n) is 5.32. The number of benzene rings is 1. The molecule has 230 valence electrons. The van der Waals surface area contributed by atoms with Crippen molar-refractivity contribution in [2.24, 2.45) is 5.92 Å². The van der Waals surface area contributed by atoms with Crippen molar-refractivity contribution in [1.29, 1.82) is 0 Å². The highest BCUT2D eigenvalue weighted by molar-refractivity contribution is 6.00. The largest absolute Gasteiger partial charge is 0.483 e. The van der Waals surface area contributed by atoms with E-state index in [1.807, 2.05) is 46.6 Å². The highest BCUT2D eigenvalue weighted by Gasteiger charge is 2.40. The summed E-state index contributed by atoms with van der Waals surface area (Å²) in [6.07, 6.45) is 3.32. The number of carbonyl (C=O) groups is 3. The monoisotopic (exact) mass is 585 g/mol. The Morgan fingerprint density at radius 3 is 2.50 bits per heavy atom. The molecule has 2 aliphatic heterocycles. The van der Waals surface area contributed by atoms with E-state index >= 15 is 0 Å². The van der Waals surface area contributed by atoms with Gasteiger partial charge in [-0.2, -0.15) is 0 Å². The molecule has 0 aliphatic carbocycles. The molecule has 42 heavy (non-hydrogen) atoms. The van der Waals surface area contributed by atoms with Gasteiger partial charge in [-0.3, -0.25) is 14.4 Å². The van der Waals surface area contributed by atoms with Gasteiger partial charge in [0.05, 0.1) is 11.8 Å². The zero-order chi connectivity index (χ0) is 30.6. The summed E-state index contributed by atoms with van der Waals surface area (Å²) in [5, 5.41) is 2.83. The summed E-state index contributed by atoms with van der Waals surface area (Å²) in [5.41, 5.74) is -0.265. The van der Waals surface area contributed by atoms with Crippen molar-refractivity contribution in [3.8, 4) is 5.75 Å². The van der Waals surface area contributed by atoms with Crippen LogP contribution in [-0.4, -0.2) is 89.3 Å². The Bertz CT molecular complexity index is 1260. The van der Waals surface area contributed by atoms with Crippen LogP contribution in [0.4, 0.5) is 4.39 Å². The van der Waals surface area contributed by atoms with E-state index in [0.717, 1.165) is 25.6 Å². The molecule has 2 aromatic rings. The number of likely N-dealkylation sites (N-methyl/N-ethyl adjacent to an activating group) is 1. The van der Waals surface area contributed by atoms with Crippen molar-refractivity contribution in [2.75, 3.05) is 39.8 Å². The quantitative estimate of drug-likeness (QED) is 0.479. The second-order valence-corrected chi connectivity index (χ2v) is 12.8. The zero-order valence-electron chi connectivity index (χ0n) is 25.6. The van der Waals surface area contributed by atoms with E-state index in [0.29, 0.717) is 44.1 Å². The Kier molecular flexibility index (Phi) is 9.91. The van der Waals surface area contributed by atoms with Gasteiger partial charge in [0.1, 0.15) is 29.4 Å². The second kappa shape index (κ2) is 13.2. The van der Waals surface area contributed by atoms with Crippen LogP contribution in [-0.2, 0) is 21.6 Å². The number of aromatic nitrogens is 1. The fourth-order valence-corrected chi connectivity index (χ4v) is 5.32. The van der Waals surface area contributed by atoms with E-state index in [2.05, 4.69) is 15.2 Å². The molecule has 0 spiro atoms. The Hall–Kier alpha value is -3.47. The molecule has 1 aromatic heterocycles. The molecule has 10 nitrogen and oxygen atoms in total. The zero-order valence-corrected chi connectivity index (χ0v) is 25.6. The van der Waals surface area contributed by atoms with Crippen LogP contribution in [0.2, 0.25) is 0 Å². The summed E-state index contributed by atoms with van der Waals surface area (Å²) in [5.74, 6) is -0.326. The number of amides is 3. The van der Waals surface area contributed by atoms with Crippen LogP contribution in [0.25, 0.3) is 0 Å². The number of oxazole rings is 1. The Morgan fingerprint density at radius 2 is 1.86 bits per heavy atom. The number of piperazine rings is 1. The summed E-state index contributed by atoms with van der Waals surface area (Å²) in [6, 6.07) is 2.25. The third kappa shape index (κ3) is 7.67. The summed E-state index contributed by atoms with van der Waals surface area (Å²) < 4.78 is 25.9. The van der Waals surface area contributed by atoms with Gasteiger partial charge >= 0.3 is 0 Å². The maximum Gasteiger partial charge on any atom is 0.255 e. The molecule has 11 heteroatoms. The molecule has 2 atom stereocenters. The number of rotatable bonds is 9. The molecule has 4 rings (SSSR count). The molecule has 1 N–H and O–H groups in total. The Labute approximate surface area is 247 Å². The first-order valence-corrected chi connectivity index (χ1v) is 14.8. The molecule has 3 heterocycles. The van der Waals surface area contributed by atoms with Crippen molar-refractivity contribution < 1.29 is 27.9 Å². The average molecular weight is 586 g/mol. The second-order valence-electron chi connectivity index (χ2n) is 12.8. The van der Waals surface area contributed by atoms with Crippen LogP contribution in [0.5, 0.6) is 5.75 Å². The van der Waals surface area contributed by atoms with Crippen LogP contribution in [0.3, 0.4) is 0 Å². The lowest BCUT2D eigenvalue weighted by atomic mass is 9.94. The van der Waals surface area contributed by atoms with Crippen molar-refractivity contribution in [1.82, 2.24) is 25.0 Å². The number of ether oxygens (including phenoxy) is 1. The predicted molar refractivity (Wildman–Crippen MR) is 155 cm³/mol. The summed E-state index contributed by atoms with van der Waals surface area (Å²) in [6.45, 7) is 13.2. The number of hydrogen-bond donors (Lipinski definition) is 1. The minimum atomic E-state index is -0.879. The maximum absolute atomic E-state index is 14.3. The minimum Gasteiger partial charge on any atom is -0.483 e. The smallest absolute Gasteiger partial charge is 0.255 e. The number of nitrogens with one attached hydrogen (secondary N) is 1. The van der Waals surface area contributed by atoms with Gasteiger partial charge < -0.3 is 29.2 Å². The normalized spacial score (nSPS) is 18.8. The van der Waals surface area contributed by atoms with Gasteiger partial charge in [0.25, 0.3) is 5.91 Å². The van der Waals surface area contributed by atoms with Gasteiger partial charge in [-0.1, -0.05) is 34.6 Å². The van der Waals surface area contributed by atoms with E-state index in [1.165, 1.54) is 12.1 Å². The SMILES string of the molecule is CC(C)C[C@@H](NC(=O)c1cc(F)ccc1OCc1ncc(C(C)(C)C)o1)C(=O)N1CCC[C@@H]1C(=O)N1CCN(C)CC1. The van der Waals surface area contributed by atoms with E-state index in [-0.39, 0.29) is 41.1 Å². The van der Waals surface area contributed by atoms with Crippen LogP contribution >= 0.6 is 0 Å². The average Bonchev–Trinajstić information content (AvgIpc) is 3.61. The van der Waals surface area contributed by atoms with Gasteiger partial charge in [-0.15, -0.1) is 0 Å². The molecular weight excluding hydrogens is 541 g/mol. The van der Waals surface area contributed by atoms with Crippen LogP contribution in [0.15, 0.2) is 28.8 Å². The van der Waals surface area contributed by atoms with Crippen molar-refractivity contribution in [3.05, 3.63) is 47.4 Å². The lowest BCUT2D eigenvalue weighted by molar-refractivity contribution is -0.145. The number of hydrogen-bond acceptors (Lipinski definition) is 7. The fraction of sp³-hybridized carbons (Fsp3) is 0.613. The van der Waals surface area contributed by atoms with Crippen molar-refractivity contribution >= 4 is 17.7 Å². The summed E-state index contributed by atoms with van der Waals surface area (Å²) >= 11 is 0. The molecule has 1 aromatic carbocycles. The van der Waals surface area contributed by atoms with E-state index in [4.69, 9.17) is 9.15 Å². The number of nitrogens with zero attached hydrogens (tertiary/aromatic N) is 4. The first kappa shape index (κ1) is 31.5. The van der Waals surface area contributed by atoms with Crippen molar-refractivity contribution in [2.45, 2.75) is 78.0 Å². The van der Waals surface area contributed by atoms with Crippen LogP contribution in [0, 0.1) is 11.7 Å². The van der Waals surface area contributed by atoms with Gasteiger partial charge in [0.2, 0.25) is 17.7 Å². The molecule has 2 fully saturated rings. The maximum atomic E-state index is 14.3. The lowest BCUT2D eigenvalue weighted by Gasteiger charge is -2.36.